The van der Waals surface area contributed by atoms with Crippen LogP contribution in [0.5, 0.6) is 0 Å². The minimum atomic E-state index is -0.127. The first-order valence-electron chi connectivity index (χ1n) is 10.6. The number of rotatable bonds is 3. The molecule has 0 unspecified atom stereocenters. The van der Waals surface area contributed by atoms with Crippen LogP contribution in [0.1, 0.15) is 37.2 Å². The molecule has 1 aliphatic carbocycles. The molecule has 3 atom stereocenters. The molecule has 3 aromatic carbocycles. The Morgan fingerprint density at radius 3 is 2.03 bits per heavy atom. The molecule has 3 aromatic rings. The Kier molecular flexibility index (Phi) is 4.81. The van der Waals surface area contributed by atoms with Gasteiger partial charge < -0.3 is 5.32 Å². The molecular weight excluding hydrogens is 356 g/mol. The van der Waals surface area contributed by atoms with Crippen LogP contribution in [0, 0.1) is 5.92 Å². The first-order valence-corrected chi connectivity index (χ1v) is 10.6. The van der Waals surface area contributed by atoms with Gasteiger partial charge in [0, 0.05) is 23.1 Å². The van der Waals surface area contributed by atoms with E-state index in [2.05, 4.69) is 29.6 Å². The van der Waals surface area contributed by atoms with E-state index in [-0.39, 0.29) is 11.8 Å². The lowest BCUT2D eigenvalue weighted by Gasteiger charge is -2.44. The normalized spacial score (nSPS) is 22.7. The molecule has 1 fully saturated rings. The van der Waals surface area contributed by atoms with Crippen LogP contribution in [0.4, 0.5) is 17.1 Å². The smallest absolute Gasteiger partial charge is 0.239 e. The highest BCUT2D eigenvalue weighted by atomic mass is 16.2. The van der Waals surface area contributed by atoms with Crippen molar-refractivity contribution in [2.45, 2.75) is 37.6 Å². The lowest BCUT2D eigenvalue weighted by atomic mass is 9.70. The molecule has 1 amide bonds. The zero-order valence-corrected chi connectivity index (χ0v) is 16.5. The van der Waals surface area contributed by atoms with E-state index in [0.717, 1.165) is 35.5 Å². The van der Waals surface area contributed by atoms with Gasteiger partial charge >= 0.3 is 0 Å². The summed E-state index contributed by atoms with van der Waals surface area (Å²) in [5.74, 6) is 0.382. The second kappa shape index (κ2) is 7.75. The Bertz CT molecular complexity index is 946. The average Bonchev–Trinajstić information content (AvgIpc) is 2.79. The second-order valence-corrected chi connectivity index (χ2v) is 8.11. The van der Waals surface area contributed by atoms with Crippen LogP contribution in [0.3, 0.4) is 0 Å². The fraction of sp³-hybridized carbons (Fsp3) is 0.269. The quantitative estimate of drug-likeness (QED) is 0.592. The number of para-hydroxylation sites is 3. The monoisotopic (exact) mass is 382 g/mol. The minimum Gasteiger partial charge on any atom is -0.382 e. The topological polar surface area (TPSA) is 32.3 Å². The highest BCUT2D eigenvalue weighted by Gasteiger charge is 2.43. The lowest BCUT2D eigenvalue weighted by Crippen LogP contribution is -2.46. The first kappa shape index (κ1) is 18.0. The van der Waals surface area contributed by atoms with Gasteiger partial charge in [0.15, 0.2) is 0 Å². The summed E-state index contributed by atoms with van der Waals surface area (Å²) in [6.07, 6.45) is 4.67. The van der Waals surface area contributed by atoms with Crippen molar-refractivity contribution in [3.63, 3.8) is 0 Å². The van der Waals surface area contributed by atoms with Crippen LogP contribution in [0.15, 0.2) is 84.9 Å². The third kappa shape index (κ3) is 3.31. The Labute approximate surface area is 172 Å². The molecule has 3 heteroatoms. The summed E-state index contributed by atoms with van der Waals surface area (Å²) in [6.45, 7) is 0. The van der Waals surface area contributed by atoms with Gasteiger partial charge in [0.2, 0.25) is 5.91 Å². The maximum Gasteiger partial charge on any atom is 0.239 e. The van der Waals surface area contributed by atoms with Crippen molar-refractivity contribution in [1.29, 1.82) is 0 Å². The highest BCUT2D eigenvalue weighted by molar-refractivity contribution is 6.05. The molecule has 0 radical (unpaired) electrons. The van der Waals surface area contributed by atoms with Crippen LogP contribution in [-0.4, -0.2) is 11.9 Å². The average molecular weight is 383 g/mol. The molecule has 5 rings (SSSR count). The van der Waals surface area contributed by atoms with E-state index in [4.69, 9.17) is 0 Å². The van der Waals surface area contributed by atoms with Gasteiger partial charge in [0.25, 0.3) is 0 Å². The second-order valence-electron chi connectivity index (χ2n) is 8.11. The zero-order chi connectivity index (χ0) is 19.6. The SMILES string of the molecule is O=C([C@@H]1c2ccccc2N[C@@H]2CCCC[C@H]12)N(c1ccccc1)c1ccccc1. The van der Waals surface area contributed by atoms with Crippen molar-refractivity contribution in [2.75, 3.05) is 10.2 Å². The third-order valence-corrected chi connectivity index (χ3v) is 6.40. The molecule has 2 aliphatic rings. The number of benzene rings is 3. The molecule has 0 spiro atoms. The number of amides is 1. The van der Waals surface area contributed by atoms with Gasteiger partial charge in [0.1, 0.15) is 0 Å². The third-order valence-electron chi connectivity index (χ3n) is 6.40. The van der Waals surface area contributed by atoms with Gasteiger partial charge in [-0.15, -0.1) is 0 Å². The van der Waals surface area contributed by atoms with E-state index in [9.17, 15) is 4.79 Å². The van der Waals surface area contributed by atoms with Gasteiger partial charge in [-0.3, -0.25) is 9.69 Å². The van der Waals surface area contributed by atoms with Gasteiger partial charge in [-0.25, -0.2) is 0 Å². The van der Waals surface area contributed by atoms with Crippen molar-refractivity contribution in [2.24, 2.45) is 5.92 Å². The molecule has 29 heavy (non-hydrogen) atoms. The van der Waals surface area contributed by atoms with Crippen LogP contribution < -0.4 is 10.2 Å². The van der Waals surface area contributed by atoms with Crippen molar-refractivity contribution < 1.29 is 4.79 Å². The van der Waals surface area contributed by atoms with Crippen LogP contribution in [0.25, 0.3) is 0 Å². The van der Waals surface area contributed by atoms with Crippen LogP contribution in [-0.2, 0) is 4.79 Å². The Balaban J connectivity index is 1.62. The highest BCUT2D eigenvalue weighted by Crippen LogP contribution is 2.46. The predicted molar refractivity (Wildman–Crippen MR) is 119 cm³/mol. The number of carbonyl (C=O) groups excluding carboxylic acids is 1. The molecule has 1 aliphatic heterocycles. The van der Waals surface area contributed by atoms with Crippen LogP contribution in [0.2, 0.25) is 0 Å². The summed E-state index contributed by atoms with van der Waals surface area (Å²) in [5, 5.41) is 3.73. The summed E-state index contributed by atoms with van der Waals surface area (Å²) in [6, 6.07) is 28.8. The molecule has 3 nitrogen and oxygen atoms in total. The first-order chi connectivity index (χ1) is 14.3. The molecular formula is C26H26N2O. The number of anilines is 3. The van der Waals surface area contributed by atoms with Crippen molar-refractivity contribution in [1.82, 2.24) is 0 Å². The van der Waals surface area contributed by atoms with E-state index in [1.807, 2.05) is 65.6 Å². The number of carbonyl (C=O) groups is 1. The van der Waals surface area contributed by atoms with Crippen molar-refractivity contribution in [3.05, 3.63) is 90.5 Å². The van der Waals surface area contributed by atoms with E-state index in [1.165, 1.54) is 12.8 Å². The molecule has 0 saturated heterocycles. The molecule has 0 bridgehead atoms. The van der Waals surface area contributed by atoms with E-state index in [0.29, 0.717) is 12.0 Å². The summed E-state index contributed by atoms with van der Waals surface area (Å²) >= 11 is 0. The summed E-state index contributed by atoms with van der Waals surface area (Å²) in [5.41, 5.74) is 4.10. The maximum absolute atomic E-state index is 14.2. The predicted octanol–water partition coefficient (Wildman–Crippen LogP) is 6.12. The Hall–Kier alpha value is -3.07. The fourth-order valence-corrected chi connectivity index (χ4v) is 5.08. The van der Waals surface area contributed by atoms with Crippen LogP contribution >= 0.6 is 0 Å². The summed E-state index contributed by atoms with van der Waals surface area (Å²) in [4.78, 5) is 16.1. The summed E-state index contributed by atoms with van der Waals surface area (Å²) in [7, 11) is 0. The van der Waals surface area contributed by atoms with Crippen molar-refractivity contribution >= 4 is 23.0 Å². The number of fused-ring (bicyclic) bond motifs is 2. The minimum absolute atomic E-state index is 0.127. The molecule has 146 valence electrons. The molecule has 1 N–H and O–H groups in total. The lowest BCUT2D eigenvalue weighted by molar-refractivity contribution is -0.121. The Morgan fingerprint density at radius 1 is 0.759 bits per heavy atom. The van der Waals surface area contributed by atoms with Crippen molar-refractivity contribution in [3.8, 4) is 0 Å². The van der Waals surface area contributed by atoms with Gasteiger partial charge in [-0.05, 0) is 54.7 Å². The van der Waals surface area contributed by atoms with E-state index in [1.54, 1.807) is 0 Å². The van der Waals surface area contributed by atoms with Gasteiger partial charge in [-0.1, -0.05) is 67.4 Å². The van der Waals surface area contributed by atoms with Gasteiger partial charge in [0.05, 0.1) is 5.92 Å². The maximum atomic E-state index is 14.2. The zero-order valence-electron chi connectivity index (χ0n) is 16.5. The van der Waals surface area contributed by atoms with Gasteiger partial charge in [-0.2, -0.15) is 0 Å². The fourth-order valence-electron chi connectivity index (χ4n) is 5.08. The standard InChI is InChI=1S/C26H26N2O/c29-26(28(19-11-3-1-4-12-19)20-13-5-2-6-14-20)25-21-15-7-9-17-23(21)27-24-18-10-8-16-22(24)25/h1-7,9,11-15,17,22,24-25,27H,8,10,16,18H2/t22-,24+,25+/m0/s1. The summed E-state index contributed by atoms with van der Waals surface area (Å²) < 4.78 is 0. The number of nitrogens with zero attached hydrogens (tertiary/aromatic N) is 1. The van der Waals surface area contributed by atoms with E-state index < -0.39 is 0 Å². The van der Waals surface area contributed by atoms with E-state index >= 15 is 0 Å². The number of nitrogens with one attached hydrogen (secondary N) is 1. The Morgan fingerprint density at radius 2 is 1.34 bits per heavy atom. The molecule has 1 heterocycles. The number of hydrogen-bond donors (Lipinski definition) is 1. The largest absolute Gasteiger partial charge is 0.382 e. The molecule has 0 aromatic heterocycles. The molecule has 1 saturated carbocycles. The number of hydrogen-bond acceptors (Lipinski definition) is 2.